The van der Waals surface area contributed by atoms with Crippen LogP contribution in [0, 0.1) is 6.92 Å². The van der Waals surface area contributed by atoms with E-state index < -0.39 is 12.5 Å². The molecule has 0 bridgehead atoms. The second-order valence-electron chi connectivity index (χ2n) is 5.89. The van der Waals surface area contributed by atoms with Crippen LogP contribution in [0.15, 0.2) is 29.6 Å². The molecule has 142 valence electrons. The fourth-order valence-corrected chi connectivity index (χ4v) is 3.38. The molecular weight excluding hydrogens is 383 g/mol. The van der Waals surface area contributed by atoms with Crippen molar-refractivity contribution in [2.45, 2.75) is 30.3 Å². The first kappa shape index (κ1) is 17.8. The molecule has 1 aromatic carbocycles. The molecule has 4 rings (SSSR count). The van der Waals surface area contributed by atoms with Gasteiger partial charge in [-0.15, -0.1) is 0 Å². The van der Waals surface area contributed by atoms with Crippen molar-refractivity contribution < 1.29 is 27.4 Å². The molecule has 6 nitrogen and oxygen atoms in total. The second-order valence-corrected chi connectivity index (χ2v) is 6.85. The zero-order valence-corrected chi connectivity index (χ0v) is 15.1. The lowest BCUT2D eigenvalue weighted by Gasteiger charge is -2.28. The Balaban J connectivity index is 1.56. The van der Waals surface area contributed by atoms with E-state index in [1.165, 1.54) is 23.9 Å². The standard InChI is InChI=1S/C17H14F3N3O3S/c1-8-6-21-9(3-12(8)24-2)7-27-16-22-10-4-13-14(5-11(10)23-16)26-17(19,20)15(18)25-13/h3-6,15H,7H2,1-2H3,(H,22,23). The Kier molecular flexibility index (Phi) is 4.29. The van der Waals surface area contributed by atoms with Crippen molar-refractivity contribution in [2.24, 2.45) is 0 Å². The molecule has 0 spiro atoms. The molecule has 1 aliphatic heterocycles. The van der Waals surface area contributed by atoms with E-state index in [1.807, 2.05) is 13.0 Å². The summed E-state index contributed by atoms with van der Waals surface area (Å²) in [5.74, 6) is 0.905. The Labute approximate surface area is 156 Å². The number of benzene rings is 1. The smallest absolute Gasteiger partial charge is 0.468 e. The van der Waals surface area contributed by atoms with Crippen molar-refractivity contribution in [3.8, 4) is 17.2 Å². The normalized spacial score (nSPS) is 17.9. The molecule has 1 unspecified atom stereocenters. The molecule has 1 N–H and O–H groups in total. The van der Waals surface area contributed by atoms with E-state index in [4.69, 9.17) is 4.74 Å². The molecule has 27 heavy (non-hydrogen) atoms. The molecule has 0 aliphatic carbocycles. The van der Waals surface area contributed by atoms with Crippen LogP contribution in [0.1, 0.15) is 11.3 Å². The summed E-state index contributed by atoms with van der Waals surface area (Å²) in [5.41, 5.74) is 2.66. The molecule has 0 radical (unpaired) electrons. The summed E-state index contributed by atoms with van der Waals surface area (Å²) in [5, 5.41) is 0.553. The van der Waals surface area contributed by atoms with E-state index in [2.05, 4.69) is 24.4 Å². The molecular formula is C17H14F3N3O3S. The predicted molar refractivity (Wildman–Crippen MR) is 92.3 cm³/mol. The van der Waals surface area contributed by atoms with Crippen LogP contribution in [0.2, 0.25) is 0 Å². The van der Waals surface area contributed by atoms with Crippen LogP contribution in [0.3, 0.4) is 0 Å². The van der Waals surface area contributed by atoms with Gasteiger partial charge in [0.15, 0.2) is 16.7 Å². The largest absolute Gasteiger partial charge is 0.496 e. The molecule has 0 saturated carbocycles. The van der Waals surface area contributed by atoms with Gasteiger partial charge in [0.25, 0.3) is 0 Å². The minimum atomic E-state index is -4.03. The zero-order valence-electron chi connectivity index (χ0n) is 14.3. The number of ether oxygens (including phenoxy) is 3. The summed E-state index contributed by atoms with van der Waals surface area (Å²) in [6.45, 7) is 1.90. The van der Waals surface area contributed by atoms with Crippen molar-refractivity contribution in [3.05, 3.63) is 35.7 Å². The Morgan fingerprint density at radius 1 is 1.30 bits per heavy atom. The number of H-pyrrole nitrogens is 1. The topological polar surface area (TPSA) is 69.3 Å². The van der Waals surface area contributed by atoms with Crippen molar-refractivity contribution >= 4 is 22.8 Å². The fourth-order valence-electron chi connectivity index (χ4n) is 2.59. The maximum Gasteiger partial charge on any atom is 0.468 e. The summed E-state index contributed by atoms with van der Waals surface area (Å²) < 4.78 is 54.2. The summed E-state index contributed by atoms with van der Waals surface area (Å²) in [6, 6.07) is 4.52. The van der Waals surface area contributed by atoms with E-state index in [0.717, 1.165) is 17.0 Å². The predicted octanol–water partition coefficient (Wildman–Crippen LogP) is 4.23. The average Bonchev–Trinajstić information content (AvgIpc) is 3.01. The number of aromatic amines is 1. The summed E-state index contributed by atoms with van der Waals surface area (Å²) in [4.78, 5) is 11.7. The van der Waals surface area contributed by atoms with E-state index >= 15 is 0 Å². The van der Waals surface area contributed by atoms with E-state index in [9.17, 15) is 13.2 Å². The quantitative estimate of drug-likeness (QED) is 0.665. The number of alkyl halides is 3. The summed E-state index contributed by atoms with van der Waals surface area (Å²) in [6.07, 6.45) is -5.17. The van der Waals surface area contributed by atoms with Gasteiger partial charge in [-0.05, 0) is 6.92 Å². The number of nitrogens with zero attached hydrogens (tertiary/aromatic N) is 2. The van der Waals surface area contributed by atoms with Gasteiger partial charge in [-0.25, -0.2) is 4.98 Å². The SMILES string of the molecule is COc1cc(CSc2nc3cc4c(cc3[nH]2)OC(F)(F)C(F)O4)ncc1C. The Morgan fingerprint density at radius 2 is 2.11 bits per heavy atom. The van der Waals surface area contributed by atoms with E-state index in [1.54, 1.807) is 13.3 Å². The van der Waals surface area contributed by atoms with Gasteiger partial charge in [0, 0.05) is 35.7 Å². The molecule has 1 atom stereocenters. The highest BCUT2D eigenvalue weighted by molar-refractivity contribution is 7.98. The van der Waals surface area contributed by atoms with E-state index in [0.29, 0.717) is 21.9 Å². The number of methoxy groups -OCH3 is 1. The number of halogens is 3. The van der Waals surface area contributed by atoms with Crippen molar-refractivity contribution in [1.82, 2.24) is 15.0 Å². The maximum atomic E-state index is 13.3. The fraction of sp³-hybridized carbons (Fsp3) is 0.294. The number of fused-ring (bicyclic) bond motifs is 2. The van der Waals surface area contributed by atoms with Crippen molar-refractivity contribution in [1.29, 1.82) is 0 Å². The van der Waals surface area contributed by atoms with Crippen LogP contribution in [0.5, 0.6) is 17.2 Å². The Morgan fingerprint density at radius 3 is 2.89 bits per heavy atom. The maximum absolute atomic E-state index is 13.3. The molecule has 3 aromatic rings. The van der Waals surface area contributed by atoms with Gasteiger partial charge < -0.3 is 19.2 Å². The molecule has 0 fully saturated rings. The van der Waals surface area contributed by atoms with Gasteiger partial charge in [-0.1, -0.05) is 11.8 Å². The number of hydrogen-bond acceptors (Lipinski definition) is 6. The summed E-state index contributed by atoms with van der Waals surface area (Å²) in [7, 11) is 1.59. The number of nitrogens with one attached hydrogen (secondary N) is 1. The van der Waals surface area contributed by atoms with Crippen molar-refractivity contribution in [3.63, 3.8) is 0 Å². The van der Waals surface area contributed by atoms with E-state index in [-0.39, 0.29) is 11.5 Å². The van der Waals surface area contributed by atoms with Gasteiger partial charge in [-0.3, -0.25) is 4.98 Å². The lowest BCUT2D eigenvalue weighted by atomic mass is 10.2. The average molecular weight is 397 g/mol. The van der Waals surface area contributed by atoms with Crippen LogP contribution in [-0.4, -0.2) is 34.5 Å². The monoisotopic (exact) mass is 397 g/mol. The van der Waals surface area contributed by atoms with Crippen LogP contribution in [0.4, 0.5) is 13.2 Å². The van der Waals surface area contributed by atoms with Crippen LogP contribution >= 0.6 is 11.8 Å². The minimum Gasteiger partial charge on any atom is -0.496 e. The highest BCUT2D eigenvalue weighted by Gasteiger charge is 2.49. The third kappa shape index (κ3) is 3.36. The Hall–Kier alpha value is -2.62. The molecule has 2 aromatic heterocycles. The highest BCUT2D eigenvalue weighted by atomic mass is 32.2. The lowest BCUT2D eigenvalue weighted by molar-refractivity contribution is -0.281. The minimum absolute atomic E-state index is 0.117. The van der Waals surface area contributed by atoms with Gasteiger partial charge in [0.1, 0.15) is 5.75 Å². The number of hydrogen-bond donors (Lipinski definition) is 1. The van der Waals surface area contributed by atoms with Crippen LogP contribution in [0.25, 0.3) is 11.0 Å². The van der Waals surface area contributed by atoms with Gasteiger partial charge in [-0.2, -0.15) is 13.2 Å². The first-order valence-corrected chi connectivity index (χ1v) is 8.88. The zero-order chi connectivity index (χ0) is 19.2. The molecule has 10 heteroatoms. The number of thioether (sulfide) groups is 1. The number of rotatable bonds is 4. The number of aromatic nitrogens is 3. The van der Waals surface area contributed by atoms with Gasteiger partial charge in [0.2, 0.25) is 0 Å². The third-order valence-corrected chi connectivity index (χ3v) is 4.86. The number of imidazole rings is 1. The first-order valence-electron chi connectivity index (χ1n) is 7.89. The number of aryl methyl sites for hydroxylation is 1. The van der Waals surface area contributed by atoms with Crippen LogP contribution < -0.4 is 14.2 Å². The molecule has 1 aliphatic rings. The molecule has 3 heterocycles. The molecule has 0 amide bonds. The van der Waals surface area contributed by atoms with Crippen LogP contribution in [-0.2, 0) is 5.75 Å². The highest BCUT2D eigenvalue weighted by Crippen LogP contribution is 2.42. The first-order chi connectivity index (χ1) is 12.9. The Bertz CT molecular complexity index is 1010. The third-order valence-electron chi connectivity index (χ3n) is 3.95. The lowest BCUT2D eigenvalue weighted by Crippen LogP contribution is -2.43. The van der Waals surface area contributed by atoms with Gasteiger partial charge >= 0.3 is 12.5 Å². The summed E-state index contributed by atoms with van der Waals surface area (Å²) >= 11 is 1.38. The number of pyridine rings is 1. The van der Waals surface area contributed by atoms with Crippen molar-refractivity contribution in [2.75, 3.05) is 7.11 Å². The molecule has 0 saturated heterocycles. The second kappa shape index (κ2) is 6.52. The van der Waals surface area contributed by atoms with Gasteiger partial charge in [0.05, 0.1) is 23.8 Å².